The summed E-state index contributed by atoms with van der Waals surface area (Å²) >= 11 is 0. The number of nitrogens with one attached hydrogen (secondary N) is 2. The summed E-state index contributed by atoms with van der Waals surface area (Å²) in [5, 5.41) is 5.96. The molecule has 0 aliphatic carbocycles. The fourth-order valence-electron chi connectivity index (χ4n) is 3.13. The van der Waals surface area contributed by atoms with Gasteiger partial charge in [0.2, 0.25) is 0 Å². The number of amides is 2. The average molecular weight is 398 g/mol. The van der Waals surface area contributed by atoms with Crippen LogP contribution < -0.4 is 20.1 Å². The van der Waals surface area contributed by atoms with Gasteiger partial charge in [0.15, 0.2) is 0 Å². The Balaban J connectivity index is 1.81. The summed E-state index contributed by atoms with van der Waals surface area (Å²) in [6.07, 6.45) is 5.74. The molecule has 0 spiro atoms. The van der Waals surface area contributed by atoms with Gasteiger partial charge in [0.25, 0.3) is 0 Å². The molecule has 8 heteroatoms. The molecule has 0 fully saturated rings. The van der Waals surface area contributed by atoms with Crippen molar-refractivity contribution in [3.05, 3.63) is 66.1 Å². The van der Waals surface area contributed by atoms with Crippen molar-refractivity contribution in [1.82, 2.24) is 20.2 Å². The Labute approximate surface area is 169 Å². The first-order valence-electron chi connectivity index (χ1n) is 9.29. The second kappa shape index (κ2) is 9.18. The lowest BCUT2D eigenvalue weighted by Gasteiger charge is -2.22. The molecular formula is C21H26N4O4. The van der Waals surface area contributed by atoms with Gasteiger partial charge in [-0.1, -0.05) is 0 Å². The summed E-state index contributed by atoms with van der Waals surface area (Å²) < 4.78 is 18.0. The number of aromatic nitrogens is 2. The van der Waals surface area contributed by atoms with E-state index >= 15 is 0 Å². The summed E-state index contributed by atoms with van der Waals surface area (Å²) in [7, 11) is 5.06. The van der Waals surface area contributed by atoms with Crippen molar-refractivity contribution in [1.29, 1.82) is 0 Å². The molecule has 154 valence electrons. The van der Waals surface area contributed by atoms with Gasteiger partial charge in [0, 0.05) is 38.0 Å². The van der Waals surface area contributed by atoms with Crippen LogP contribution in [0.1, 0.15) is 30.1 Å². The second-order valence-electron chi connectivity index (χ2n) is 6.78. The summed E-state index contributed by atoms with van der Waals surface area (Å²) in [6.45, 7) is 1.92. The van der Waals surface area contributed by atoms with Gasteiger partial charge in [0.1, 0.15) is 29.1 Å². The third kappa shape index (κ3) is 5.10. The highest BCUT2D eigenvalue weighted by Gasteiger charge is 2.23. The van der Waals surface area contributed by atoms with Crippen LogP contribution in [0.2, 0.25) is 0 Å². The number of imidazole rings is 1. The van der Waals surface area contributed by atoms with Gasteiger partial charge in [0.05, 0.1) is 20.5 Å². The first-order chi connectivity index (χ1) is 14.0. The molecule has 1 aromatic carbocycles. The zero-order valence-corrected chi connectivity index (χ0v) is 17.0. The number of carbonyl (C=O) groups excluding carboxylic acids is 1. The van der Waals surface area contributed by atoms with Crippen LogP contribution in [0.15, 0.2) is 53.4 Å². The molecule has 2 aromatic heterocycles. The summed E-state index contributed by atoms with van der Waals surface area (Å²) in [4.78, 5) is 17.1. The minimum atomic E-state index is -0.491. The van der Waals surface area contributed by atoms with Crippen LogP contribution in [0.3, 0.4) is 0 Å². The molecule has 2 unspecified atom stereocenters. The zero-order chi connectivity index (χ0) is 20.8. The molecule has 0 saturated heterocycles. The van der Waals surface area contributed by atoms with Crippen LogP contribution in [-0.4, -0.2) is 35.8 Å². The molecule has 0 saturated carbocycles. The van der Waals surface area contributed by atoms with E-state index in [9.17, 15) is 4.79 Å². The standard InChI is InChI=1S/C21H26N4O4/c1-14(10-16-6-5-9-29-16)23-21(26)24-19(20-22-7-8-25(20)2)15-11-17(27-3)13-18(12-15)28-4/h5-9,11-14,19H,10H2,1-4H3,(H2,23,24,26). The minimum absolute atomic E-state index is 0.108. The molecule has 29 heavy (non-hydrogen) atoms. The Bertz CT molecular complexity index is 914. The van der Waals surface area contributed by atoms with Crippen LogP contribution in [0.4, 0.5) is 4.79 Å². The molecule has 3 aromatic rings. The third-order valence-electron chi connectivity index (χ3n) is 4.56. The molecule has 2 atom stereocenters. The highest BCUT2D eigenvalue weighted by Crippen LogP contribution is 2.29. The molecule has 0 bridgehead atoms. The molecule has 2 amide bonds. The van der Waals surface area contributed by atoms with E-state index in [1.807, 2.05) is 49.0 Å². The maximum absolute atomic E-state index is 12.7. The van der Waals surface area contributed by atoms with E-state index in [2.05, 4.69) is 15.6 Å². The van der Waals surface area contributed by atoms with E-state index in [-0.39, 0.29) is 12.1 Å². The highest BCUT2D eigenvalue weighted by atomic mass is 16.5. The average Bonchev–Trinajstić information content (AvgIpc) is 3.37. The van der Waals surface area contributed by atoms with E-state index < -0.39 is 6.04 Å². The molecule has 0 aliphatic rings. The van der Waals surface area contributed by atoms with Crippen LogP contribution in [0.5, 0.6) is 11.5 Å². The number of rotatable bonds is 8. The Morgan fingerprint density at radius 2 is 1.93 bits per heavy atom. The minimum Gasteiger partial charge on any atom is -0.497 e. The largest absolute Gasteiger partial charge is 0.497 e. The van der Waals surface area contributed by atoms with Gasteiger partial charge in [-0.15, -0.1) is 0 Å². The number of hydrogen-bond acceptors (Lipinski definition) is 5. The summed E-state index contributed by atoms with van der Waals surface area (Å²) in [6, 6.07) is 8.30. The second-order valence-corrected chi connectivity index (χ2v) is 6.78. The van der Waals surface area contributed by atoms with E-state index in [1.54, 1.807) is 32.7 Å². The fourth-order valence-corrected chi connectivity index (χ4v) is 3.13. The molecule has 3 rings (SSSR count). The van der Waals surface area contributed by atoms with Gasteiger partial charge in [-0.3, -0.25) is 0 Å². The quantitative estimate of drug-likeness (QED) is 0.609. The number of methoxy groups -OCH3 is 2. The number of ether oxygens (including phenoxy) is 2. The third-order valence-corrected chi connectivity index (χ3v) is 4.56. The maximum atomic E-state index is 12.7. The van der Waals surface area contributed by atoms with Crippen molar-refractivity contribution < 1.29 is 18.7 Å². The number of carbonyl (C=O) groups is 1. The molecule has 2 heterocycles. The fraction of sp³-hybridized carbons (Fsp3) is 0.333. The lowest BCUT2D eigenvalue weighted by atomic mass is 10.1. The SMILES string of the molecule is COc1cc(OC)cc(C(NC(=O)NC(C)Cc2ccco2)c2nccn2C)c1. The highest BCUT2D eigenvalue weighted by molar-refractivity contribution is 5.75. The van der Waals surface area contributed by atoms with Crippen molar-refractivity contribution in [3.63, 3.8) is 0 Å². The predicted molar refractivity (Wildman–Crippen MR) is 108 cm³/mol. The van der Waals surface area contributed by atoms with Gasteiger partial charge < -0.3 is 29.1 Å². The normalized spacial score (nSPS) is 12.8. The Morgan fingerprint density at radius 3 is 2.48 bits per heavy atom. The van der Waals surface area contributed by atoms with Crippen molar-refractivity contribution in [3.8, 4) is 11.5 Å². The van der Waals surface area contributed by atoms with Crippen molar-refractivity contribution in [2.45, 2.75) is 25.4 Å². The number of aryl methyl sites for hydroxylation is 1. The summed E-state index contributed by atoms with van der Waals surface area (Å²) in [5.41, 5.74) is 0.796. The lowest BCUT2D eigenvalue weighted by molar-refractivity contribution is 0.234. The van der Waals surface area contributed by atoms with E-state index in [4.69, 9.17) is 13.9 Å². The molecule has 2 N–H and O–H groups in total. The molecule has 0 aliphatic heterocycles. The van der Waals surface area contributed by atoms with Crippen LogP contribution in [0, 0.1) is 0 Å². The zero-order valence-electron chi connectivity index (χ0n) is 17.0. The first-order valence-corrected chi connectivity index (χ1v) is 9.29. The van der Waals surface area contributed by atoms with Gasteiger partial charge >= 0.3 is 6.03 Å². The number of hydrogen-bond donors (Lipinski definition) is 2. The van der Waals surface area contributed by atoms with E-state index in [0.717, 1.165) is 11.3 Å². The van der Waals surface area contributed by atoms with Crippen LogP contribution >= 0.6 is 0 Å². The number of nitrogens with zero attached hydrogens (tertiary/aromatic N) is 2. The Morgan fingerprint density at radius 1 is 1.21 bits per heavy atom. The molecular weight excluding hydrogens is 372 g/mol. The molecule has 0 radical (unpaired) electrons. The Hall–Kier alpha value is -3.42. The predicted octanol–water partition coefficient (Wildman–Crippen LogP) is 3.05. The van der Waals surface area contributed by atoms with Gasteiger partial charge in [-0.25, -0.2) is 9.78 Å². The Kier molecular flexibility index (Phi) is 6.43. The first kappa shape index (κ1) is 20.3. The number of furan rings is 1. The number of urea groups is 1. The van der Waals surface area contributed by atoms with Gasteiger partial charge in [-0.05, 0) is 36.8 Å². The molecule has 8 nitrogen and oxygen atoms in total. The van der Waals surface area contributed by atoms with Crippen LogP contribution in [-0.2, 0) is 13.5 Å². The number of benzene rings is 1. The maximum Gasteiger partial charge on any atom is 0.315 e. The summed E-state index contributed by atoms with van der Waals surface area (Å²) in [5.74, 6) is 2.77. The van der Waals surface area contributed by atoms with E-state index in [0.29, 0.717) is 23.7 Å². The van der Waals surface area contributed by atoms with Crippen molar-refractivity contribution >= 4 is 6.03 Å². The lowest BCUT2D eigenvalue weighted by Crippen LogP contribution is -2.43. The smallest absolute Gasteiger partial charge is 0.315 e. The van der Waals surface area contributed by atoms with Gasteiger partial charge in [-0.2, -0.15) is 0 Å². The van der Waals surface area contributed by atoms with Crippen molar-refractivity contribution in [2.24, 2.45) is 7.05 Å². The monoisotopic (exact) mass is 398 g/mol. The van der Waals surface area contributed by atoms with Crippen molar-refractivity contribution in [2.75, 3.05) is 14.2 Å². The topological polar surface area (TPSA) is 90.6 Å². The van der Waals surface area contributed by atoms with Crippen LogP contribution in [0.25, 0.3) is 0 Å². The van der Waals surface area contributed by atoms with E-state index in [1.165, 1.54) is 0 Å².